The lowest BCUT2D eigenvalue weighted by Crippen LogP contribution is -2.66. The van der Waals surface area contributed by atoms with Gasteiger partial charge in [-0.3, -0.25) is 9.69 Å². The predicted molar refractivity (Wildman–Crippen MR) is 153 cm³/mol. The molecular weight excluding hydrogens is 486 g/mol. The van der Waals surface area contributed by atoms with Crippen LogP contribution in [-0.4, -0.2) is 97.7 Å². The molecule has 4 aliphatic rings. The van der Waals surface area contributed by atoms with Gasteiger partial charge in [0.2, 0.25) is 5.91 Å². The molecule has 214 valence electrons. The fraction of sp³-hybridized carbons (Fsp3) is 0.964. The topological polar surface area (TPSA) is 112 Å². The maximum atomic E-state index is 14.0. The van der Waals surface area contributed by atoms with Crippen LogP contribution in [0.5, 0.6) is 0 Å². The number of rotatable bonds is 5. The molecule has 1 amide bonds. The van der Waals surface area contributed by atoms with E-state index in [9.17, 15) is 4.79 Å². The summed E-state index contributed by atoms with van der Waals surface area (Å²) in [4.78, 5) is 19.0. The summed E-state index contributed by atoms with van der Waals surface area (Å²) in [6.45, 7) is 7.95. The summed E-state index contributed by atoms with van der Waals surface area (Å²) in [6, 6.07) is 0.797. The number of nitrogens with two attached hydrogens (primary N) is 2. The number of hydrogen-bond donors (Lipinski definition) is 5. The molecule has 4 rings (SSSR count). The Morgan fingerprint density at radius 2 is 1.78 bits per heavy atom. The molecule has 0 bridgehead atoms. The largest absolute Gasteiger partial charge is 0.350 e. The zero-order valence-corrected chi connectivity index (χ0v) is 24.2. The maximum absolute atomic E-state index is 14.0. The van der Waals surface area contributed by atoms with Gasteiger partial charge in [-0.05, 0) is 64.5 Å². The number of carbonyl (C=O) groups is 1. The van der Waals surface area contributed by atoms with Crippen LogP contribution in [0.3, 0.4) is 0 Å². The first-order chi connectivity index (χ1) is 17.8. The molecule has 0 radical (unpaired) electrons. The van der Waals surface area contributed by atoms with Gasteiger partial charge >= 0.3 is 0 Å². The van der Waals surface area contributed by atoms with E-state index in [1.54, 1.807) is 0 Å². The third kappa shape index (κ3) is 7.80. The first-order valence-corrected chi connectivity index (χ1v) is 15.6. The summed E-state index contributed by atoms with van der Waals surface area (Å²) in [6.07, 6.45) is 12.3. The quantitative estimate of drug-likeness (QED) is 0.267. The normalized spacial score (nSPS) is 35.8. The highest BCUT2D eigenvalue weighted by molar-refractivity contribution is 6.20. The van der Waals surface area contributed by atoms with Crippen molar-refractivity contribution in [3.05, 3.63) is 0 Å². The van der Waals surface area contributed by atoms with E-state index in [1.807, 2.05) is 0 Å². The number of nitrogens with zero attached hydrogens (tertiary/aromatic N) is 2. The van der Waals surface area contributed by atoms with Gasteiger partial charge in [0.1, 0.15) is 0 Å². The van der Waals surface area contributed by atoms with Crippen molar-refractivity contribution in [1.29, 1.82) is 0 Å². The van der Waals surface area contributed by atoms with Crippen molar-refractivity contribution in [2.75, 3.05) is 46.3 Å². The molecule has 4 fully saturated rings. The van der Waals surface area contributed by atoms with Gasteiger partial charge in [-0.15, -0.1) is 11.6 Å². The number of piperazine rings is 1. The molecule has 3 aliphatic heterocycles. The molecule has 0 aromatic rings. The number of alkyl halides is 1. The summed E-state index contributed by atoms with van der Waals surface area (Å²) in [5.41, 5.74) is 13.1. The van der Waals surface area contributed by atoms with Gasteiger partial charge in [-0.1, -0.05) is 32.1 Å². The average Bonchev–Trinajstić information content (AvgIpc) is 3.04. The molecule has 0 aromatic carbocycles. The number of hydrogen-bond acceptors (Lipinski definition) is 7. The Morgan fingerprint density at radius 1 is 1.05 bits per heavy atom. The molecule has 3 heterocycles. The second-order valence-corrected chi connectivity index (χ2v) is 13.4. The number of likely N-dealkylation sites (N-methyl/N-ethyl adjacent to an activating group) is 1. The lowest BCUT2D eigenvalue weighted by Gasteiger charge is -2.48. The van der Waals surface area contributed by atoms with Crippen molar-refractivity contribution in [3.8, 4) is 0 Å². The van der Waals surface area contributed by atoms with E-state index >= 15 is 0 Å². The lowest BCUT2D eigenvalue weighted by atomic mass is 9.70. The average molecular weight is 540 g/mol. The highest BCUT2D eigenvalue weighted by atomic mass is 35.5. The molecule has 1 spiro atoms. The fourth-order valence-corrected chi connectivity index (χ4v) is 8.09. The van der Waals surface area contributed by atoms with Crippen LogP contribution < -0.4 is 27.4 Å². The molecule has 6 unspecified atom stereocenters. The van der Waals surface area contributed by atoms with E-state index in [4.69, 9.17) is 23.1 Å². The van der Waals surface area contributed by atoms with Crippen molar-refractivity contribution in [2.45, 2.75) is 113 Å². The summed E-state index contributed by atoms with van der Waals surface area (Å²) >= 11 is 6.70. The molecule has 37 heavy (non-hydrogen) atoms. The highest BCUT2D eigenvalue weighted by Gasteiger charge is 2.42. The van der Waals surface area contributed by atoms with E-state index in [-0.39, 0.29) is 28.8 Å². The van der Waals surface area contributed by atoms with E-state index in [2.05, 4.69) is 39.7 Å². The smallest absolute Gasteiger partial charge is 0.227 e. The molecule has 3 saturated heterocycles. The molecule has 1 saturated carbocycles. The molecule has 1 aliphatic carbocycles. The monoisotopic (exact) mass is 539 g/mol. The Labute approximate surface area is 230 Å². The van der Waals surface area contributed by atoms with E-state index < -0.39 is 12.1 Å². The minimum absolute atomic E-state index is 0.00196. The standard InChI is InChI=1S/C28H54ClN7O/c1-20-19-35(2)14-15-36(20)24-9-13-32-18-23(24)34-27(37)25(26(30)31)22-16-28(10-5-3-4-6-11-28)12-7-8-21(29)17-33-22/h20-26,32-33H,3-19,30-31H2,1-2H3,(H,34,37). The van der Waals surface area contributed by atoms with E-state index in [0.29, 0.717) is 18.6 Å². The Kier molecular flexibility index (Phi) is 10.9. The zero-order chi connectivity index (χ0) is 26.4. The predicted octanol–water partition coefficient (Wildman–Crippen LogP) is 1.81. The van der Waals surface area contributed by atoms with Gasteiger partial charge < -0.3 is 32.3 Å². The number of piperidine rings is 1. The molecule has 8 nitrogen and oxygen atoms in total. The molecule has 9 heteroatoms. The van der Waals surface area contributed by atoms with Gasteiger partial charge in [0.25, 0.3) is 0 Å². The summed E-state index contributed by atoms with van der Waals surface area (Å²) in [5.74, 6) is -0.475. The molecule has 7 N–H and O–H groups in total. The third-order valence-corrected chi connectivity index (χ3v) is 10.2. The lowest BCUT2D eigenvalue weighted by molar-refractivity contribution is -0.128. The number of halogens is 1. The van der Waals surface area contributed by atoms with Gasteiger partial charge in [-0.2, -0.15) is 0 Å². The van der Waals surface area contributed by atoms with E-state index in [0.717, 1.165) is 58.4 Å². The molecular formula is C28H54ClN7O. The van der Waals surface area contributed by atoms with Crippen LogP contribution in [0.25, 0.3) is 0 Å². The third-order valence-electron chi connectivity index (χ3n) is 9.88. The van der Waals surface area contributed by atoms with Crippen LogP contribution in [0.15, 0.2) is 0 Å². The highest BCUT2D eigenvalue weighted by Crippen LogP contribution is 2.45. The number of amides is 1. The summed E-state index contributed by atoms with van der Waals surface area (Å²) in [7, 11) is 2.19. The maximum Gasteiger partial charge on any atom is 0.227 e. The number of carbonyl (C=O) groups excluding carboxylic acids is 1. The van der Waals surface area contributed by atoms with Crippen molar-refractivity contribution in [1.82, 2.24) is 25.8 Å². The molecule has 0 aromatic heterocycles. The van der Waals surface area contributed by atoms with Crippen molar-refractivity contribution < 1.29 is 4.79 Å². The Bertz CT molecular complexity index is 717. The first kappa shape index (κ1) is 29.5. The second-order valence-electron chi connectivity index (χ2n) is 12.8. The fourth-order valence-electron chi connectivity index (χ4n) is 7.85. The van der Waals surface area contributed by atoms with Crippen molar-refractivity contribution in [2.24, 2.45) is 22.8 Å². The zero-order valence-electron chi connectivity index (χ0n) is 23.4. The van der Waals surface area contributed by atoms with Crippen LogP contribution in [0, 0.1) is 11.3 Å². The van der Waals surface area contributed by atoms with E-state index in [1.165, 1.54) is 44.9 Å². The second kappa shape index (κ2) is 13.7. The Hall–Kier alpha value is -0.480. The van der Waals surface area contributed by atoms with Crippen molar-refractivity contribution in [3.63, 3.8) is 0 Å². The Morgan fingerprint density at radius 3 is 2.49 bits per heavy atom. The van der Waals surface area contributed by atoms with Gasteiger partial charge in [-0.25, -0.2) is 0 Å². The van der Waals surface area contributed by atoms with Crippen LogP contribution in [-0.2, 0) is 4.79 Å². The van der Waals surface area contributed by atoms with Gasteiger partial charge in [0.15, 0.2) is 0 Å². The van der Waals surface area contributed by atoms with Gasteiger partial charge in [0.05, 0.1) is 18.1 Å². The minimum Gasteiger partial charge on any atom is -0.350 e. The van der Waals surface area contributed by atoms with Crippen LogP contribution >= 0.6 is 11.6 Å². The van der Waals surface area contributed by atoms with Crippen LogP contribution in [0.2, 0.25) is 0 Å². The Balaban J connectivity index is 1.51. The van der Waals surface area contributed by atoms with Crippen molar-refractivity contribution >= 4 is 17.5 Å². The number of nitrogens with one attached hydrogen (secondary N) is 3. The summed E-state index contributed by atoms with van der Waals surface area (Å²) < 4.78 is 0. The molecule has 6 atom stereocenters. The van der Waals surface area contributed by atoms with Crippen LogP contribution in [0.4, 0.5) is 0 Å². The van der Waals surface area contributed by atoms with Gasteiger partial charge in [0, 0.05) is 56.2 Å². The first-order valence-electron chi connectivity index (χ1n) is 15.1. The summed E-state index contributed by atoms with van der Waals surface area (Å²) in [5, 5.41) is 10.8. The SMILES string of the molecule is CC1CN(C)CCN1C1CCNCC1NC(=O)C(C(N)N)C1CC2(CCCCCC2)CCCC(Cl)CN1. The van der Waals surface area contributed by atoms with Crippen LogP contribution in [0.1, 0.15) is 77.6 Å². The minimum atomic E-state index is -0.715.